The van der Waals surface area contributed by atoms with Crippen molar-refractivity contribution in [3.63, 3.8) is 0 Å². The first kappa shape index (κ1) is 67.7. The van der Waals surface area contributed by atoms with Gasteiger partial charge in [0.25, 0.3) is 0 Å². The van der Waals surface area contributed by atoms with Crippen LogP contribution < -0.4 is 50.8 Å². The number of fused-ring (bicyclic) bond motifs is 5. The Morgan fingerprint density at radius 2 is 0.609 bits per heavy atom. The van der Waals surface area contributed by atoms with Crippen LogP contribution in [0.1, 0.15) is 79.2 Å². The van der Waals surface area contributed by atoms with Gasteiger partial charge < -0.3 is 28.4 Å². The van der Waals surface area contributed by atoms with Crippen LogP contribution in [0.2, 0.25) is 0 Å². The molecule has 1 unspecified atom stereocenters. The van der Waals surface area contributed by atoms with Crippen LogP contribution in [0.5, 0.6) is 23.0 Å². The van der Waals surface area contributed by atoms with E-state index in [1.54, 1.807) is 0 Å². The van der Waals surface area contributed by atoms with Crippen molar-refractivity contribution < 1.29 is 134 Å². The molecule has 0 bridgehead atoms. The van der Waals surface area contributed by atoms with Crippen molar-refractivity contribution >= 4 is 47.7 Å². The smallest absolute Gasteiger partial charge is 0.416 e. The van der Waals surface area contributed by atoms with E-state index in [0.717, 1.165) is 43.4 Å². The molecule has 7 aromatic carbocycles. The molecule has 3 aliphatic rings. The molecule has 2 fully saturated rings. The highest BCUT2D eigenvalue weighted by Crippen LogP contribution is 2.56. The van der Waals surface area contributed by atoms with Gasteiger partial charge in [0.15, 0.2) is 23.0 Å². The van der Waals surface area contributed by atoms with Gasteiger partial charge in [0, 0.05) is 0 Å². The van der Waals surface area contributed by atoms with Crippen LogP contribution in [-0.2, 0) is 72.1 Å². The SMILES string of the molecule is COc1ccc(P(c2cc(C(F)(F)F)cc(C(F)(F)F)c2)c2cc(C(F)(F)F)cc(C(F)(F)F)c2)c2c1OCc1ccccc1COc1c(OC)ccc(P(c3cc(C(F)(F)F)cc(C(F)(F)F)c3)c3cc(C(F)(F)F)cc(C(F)(F)F)c3)c1[C@@H]1OCC3CO[C@H]2N31. The lowest BCUT2D eigenvalue weighted by atomic mass is 10.1. The topological polar surface area (TPSA) is 58.6 Å². The zero-order valence-electron chi connectivity index (χ0n) is 46.0. The Labute approximate surface area is 504 Å². The number of benzene rings is 7. The number of hydrogen-bond acceptors (Lipinski definition) is 7. The van der Waals surface area contributed by atoms with Crippen LogP contribution in [0.4, 0.5) is 105 Å². The highest BCUT2D eigenvalue weighted by atomic mass is 31.1. The lowest BCUT2D eigenvalue weighted by Crippen LogP contribution is -2.37. The van der Waals surface area contributed by atoms with Crippen molar-refractivity contribution in [2.45, 2.75) is 81.1 Å². The molecular weight excluding hydrogens is 1340 g/mol. The van der Waals surface area contributed by atoms with E-state index in [0.29, 0.717) is 0 Å². The van der Waals surface area contributed by atoms with E-state index in [9.17, 15) is 105 Å². The van der Waals surface area contributed by atoms with E-state index >= 15 is 0 Å². The number of hydrogen-bond donors (Lipinski definition) is 0. The van der Waals surface area contributed by atoms with E-state index in [1.165, 1.54) is 24.3 Å². The molecule has 0 aliphatic carbocycles. The minimum absolute atomic E-state index is 0.0478. The van der Waals surface area contributed by atoms with Crippen molar-refractivity contribution in [1.82, 2.24) is 4.90 Å². The van der Waals surface area contributed by atoms with Gasteiger partial charge in [0.05, 0.1) is 89.1 Å². The summed E-state index contributed by atoms with van der Waals surface area (Å²) in [6.45, 7) is -2.71. The van der Waals surface area contributed by atoms with Crippen LogP contribution in [0.25, 0.3) is 0 Å². The highest BCUT2D eigenvalue weighted by molar-refractivity contribution is 7.80. The molecule has 0 aromatic heterocycles. The van der Waals surface area contributed by atoms with Crippen LogP contribution in [0.3, 0.4) is 0 Å². The van der Waals surface area contributed by atoms with Gasteiger partial charge >= 0.3 is 49.4 Å². The molecule has 33 heteroatoms. The number of ether oxygens (including phenoxy) is 6. The third-order valence-corrected chi connectivity index (χ3v) is 19.6. The average molecular weight is 1370 g/mol. The summed E-state index contributed by atoms with van der Waals surface area (Å²) in [6.07, 6.45) is -50.1. The maximum absolute atomic E-state index is 14.9. The lowest BCUT2D eigenvalue weighted by molar-refractivity contribution is -0.144. The van der Waals surface area contributed by atoms with Gasteiger partial charge in [-0.05, 0) is 156 Å². The van der Waals surface area contributed by atoms with E-state index in [2.05, 4.69) is 0 Å². The number of nitrogens with zero attached hydrogens (tertiary/aromatic N) is 1. The fourth-order valence-electron chi connectivity index (χ4n) is 10.7. The van der Waals surface area contributed by atoms with Gasteiger partial charge in [-0.25, -0.2) is 4.90 Å². The molecular formula is C59H37F24NO6P2. The van der Waals surface area contributed by atoms with Crippen molar-refractivity contribution in [2.24, 2.45) is 0 Å². The van der Waals surface area contributed by atoms with Gasteiger partial charge in [-0.2, -0.15) is 105 Å². The molecule has 0 saturated carbocycles. The minimum atomic E-state index is -5.72. The summed E-state index contributed by atoms with van der Waals surface area (Å²) in [6, 6.07) is 6.70. The van der Waals surface area contributed by atoms with Gasteiger partial charge in [-0.3, -0.25) is 0 Å². The summed E-state index contributed by atoms with van der Waals surface area (Å²) in [7, 11) is -5.52. The maximum Gasteiger partial charge on any atom is 0.416 e. The molecule has 7 aromatic rings. The summed E-state index contributed by atoms with van der Waals surface area (Å²) in [5, 5.41) is -6.34. The molecule has 92 heavy (non-hydrogen) atoms. The quantitative estimate of drug-likeness (QED) is 0.111. The number of halogens is 24. The Hall–Kier alpha value is -7.20. The van der Waals surface area contributed by atoms with Gasteiger partial charge in [-0.15, -0.1) is 0 Å². The van der Waals surface area contributed by atoms with E-state index in [4.69, 9.17) is 28.4 Å². The molecule has 10 rings (SSSR count). The van der Waals surface area contributed by atoms with Crippen LogP contribution in [0, 0.1) is 0 Å². The first-order chi connectivity index (χ1) is 42.6. The Bertz CT molecular complexity index is 3420. The molecule has 2 saturated heterocycles. The predicted molar refractivity (Wildman–Crippen MR) is 282 cm³/mol. The molecule has 3 aliphatic heterocycles. The largest absolute Gasteiger partial charge is 0.493 e. The summed E-state index contributed by atoms with van der Waals surface area (Å²) in [5.74, 6) is -2.16. The summed E-state index contributed by atoms with van der Waals surface area (Å²) < 4.78 is 395. The third-order valence-electron chi connectivity index (χ3n) is 14.7. The van der Waals surface area contributed by atoms with E-state index in [1.807, 2.05) is 0 Å². The summed E-state index contributed by atoms with van der Waals surface area (Å²) in [5.41, 5.74) is -18.0. The monoisotopic (exact) mass is 1370 g/mol. The first-order valence-corrected chi connectivity index (χ1v) is 28.8. The number of rotatable bonds is 8. The highest BCUT2D eigenvalue weighted by Gasteiger charge is 2.53. The standard InChI is InChI=1S/C59H37F24NO6P2/c1-85-42-7-9-44(91(38-15-29(52(60,61)62)11-30(16-38)53(63,64)65)39-17-31(54(66,67)68)12-32(18-39)55(69,70)71)46-48(42)87-23-27-5-3-4-6-28(27)24-88-49-43(86-2)8-10-45(47(49)51-84-37(26-90-51)25-89-50(46)84)92(40-19-33(56(72,73)74)13-34(20-40)57(75,76)77)41-21-35(58(78,79)80)14-36(22-41)59(81,82)83/h3-22,37,50-51H,23-26H2,1-2H3/t37?,50-,51+. The second-order valence-electron chi connectivity index (χ2n) is 20.6. The molecule has 7 nitrogen and oxygen atoms in total. The molecule has 492 valence electrons. The molecule has 0 spiro atoms. The Kier molecular flexibility index (Phi) is 17.6. The molecule has 3 heterocycles. The summed E-state index contributed by atoms with van der Waals surface area (Å²) >= 11 is 0. The van der Waals surface area contributed by atoms with Gasteiger partial charge in [-0.1, -0.05) is 24.3 Å². The average Bonchev–Trinajstić information content (AvgIpc) is 1.42. The van der Waals surface area contributed by atoms with Gasteiger partial charge in [0.1, 0.15) is 25.7 Å². The fourth-order valence-corrected chi connectivity index (χ4v) is 15.9. The van der Waals surface area contributed by atoms with Crippen molar-refractivity contribution in [1.29, 1.82) is 0 Å². The van der Waals surface area contributed by atoms with Gasteiger partial charge in [0.2, 0.25) is 0 Å². The Balaban J connectivity index is 1.36. The Morgan fingerprint density at radius 3 is 0.837 bits per heavy atom. The van der Waals surface area contributed by atoms with Crippen LogP contribution in [-0.4, -0.2) is 38.4 Å². The lowest BCUT2D eigenvalue weighted by Gasteiger charge is -2.35. The molecule has 0 N–H and O–H groups in total. The zero-order chi connectivity index (χ0) is 67.4. The molecule has 0 radical (unpaired) electrons. The molecule has 0 amide bonds. The summed E-state index contributed by atoms with van der Waals surface area (Å²) in [4.78, 5) is 1.09. The van der Waals surface area contributed by atoms with Crippen molar-refractivity contribution in [3.05, 3.63) is 188 Å². The number of alkyl halides is 24. The predicted octanol–water partition coefficient (Wildman–Crippen LogP) is 16.3. The van der Waals surface area contributed by atoms with E-state index < -0.39 is 221 Å². The van der Waals surface area contributed by atoms with Crippen LogP contribution >= 0.6 is 15.8 Å². The Morgan fingerprint density at radius 1 is 0.359 bits per heavy atom. The first-order valence-electron chi connectivity index (χ1n) is 26.1. The maximum atomic E-state index is 14.9. The second kappa shape index (κ2) is 24.0. The second-order valence-corrected chi connectivity index (χ2v) is 25.0. The molecule has 3 atom stereocenters. The zero-order valence-corrected chi connectivity index (χ0v) is 47.8. The van der Waals surface area contributed by atoms with E-state index in [-0.39, 0.29) is 83.9 Å². The normalized spacial score (nSPS) is 17.8. The number of methoxy groups -OCH3 is 2. The van der Waals surface area contributed by atoms with Crippen LogP contribution in [0.15, 0.2) is 121 Å². The van der Waals surface area contributed by atoms with Crippen molar-refractivity contribution in [3.8, 4) is 23.0 Å². The third kappa shape index (κ3) is 13.6. The van der Waals surface area contributed by atoms with Crippen molar-refractivity contribution in [2.75, 3.05) is 27.4 Å². The minimum Gasteiger partial charge on any atom is -0.493 e. The fraction of sp³-hybridized carbons (Fsp3) is 0.288.